The van der Waals surface area contributed by atoms with Crippen molar-refractivity contribution in [3.63, 3.8) is 0 Å². The topological polar surface area (TPSA) is 133 Å². The maximum Gasteiger partial charge on any atom is 0.406 e. The number of rotatable bonds is 8. The lowest BCUT2D eigenvalue weighted by Crippen LogP contribution is -2.40. The molecule has 1 atom stereocenters. The Morgan fingerprint density at radius 2 is 2.00 bits per heavy atom. The third-order valence-corrected chi connectivity index (χ3v) is 7.01. The zero-order chi connectivity index (χ0) is 24.2. The van der Waals surface area contributed by atoms with Crippen LogP contribution >= 0.6 is 27.5 Å². The van der Waals surface area contributed by atoms with Gasteiger partial charge in [0, 0.05) is 30.4 Å². The predicted octanol–water partition coefficient (Wildman–Crippen LogP) is 3.29. The van der Waals surface area contributed by atoms with Gasteiger partial charge in [0.1, 0.15) is 16.5 Å². The number of nitrogens with zero attached hydrogens (tertiary/aromatic N) is 1. The van der Waals surface area contributed by atoms with E-state index in [-0.39, 0.29) is 23.0 Å². The zero-order valence-electron chi connectivity index (χ0n) is 17.1. The van der Waals surface area contributed by atoms with Gasteiger partial charge in [-0.25, -0.2) is 27.3 Å². The Kier molecular flexibility index (Phi) is 8.08. The first-order valence-electron chi connectivity index (χ1n) is 9.41. The van der Waals surface area contributed by atoms with Gasteiger partial charge in [0.25, 0.3) is 0 Å². The van der Waals surface area contributed by atoms with Gasteiger partial charge in [0.2, 0.25) is 10.0 Å². The summed E-state index contributed by atoms with van der Waals surface area (Å²) in [6.45, 7) is -0.582. The Labute approximate surface area is 202 Å². The highest BCUT2D eigenvalue weighted by Crippen LogP contribution is 2.29. The third kappa shape index (κ3) is 6.30. The molecule has 0 aliphatic carbocycles. The number of nitrogens with one attached hydrogen (secondary N) is 3. The Bertz CT molecular complexity index is 1270. The van der Waals surface area contributed by atoms with Crippen LogP contribution in [0.4, 0.5) is 9.18 Å². The number of hydrogen-bond acceptors (Lipinski definition) is 6. The van der Waals surface area contributed by atoms with E-state index in [0.717, 1.165) is 0 Å². The van der Waals surface area contributed by atoms with E-state index < -0.39 is 28.0 Å². The number of aliphatic hydroxyl groups is 1. The molecule has 0 bridgehead atoms. The minimum Gasteiger partial charge on any atom is -0.453 e. The molecule has 1 aromatic heterocycles. The predicted molar refractivity (Wildman–Crippen MR) is 124 cm³/mol. The fourth-order valence-electron chi connectivity index (χ4n) is 2.76. The van der Waals surface area contributed by atoms with E-state index in [1.165, 1.54) is 25.3 Å². The summed E-state index contributed by atoms with van der Waals surface area (Å²) in [5, 5.41) is 12.1. The van der Waals surface area contributed by atoms with Crippen molar-refractivity contribution in [2.45, 2.75) is 11.0 Å². The Morgan fingerprint density at radius 1 is 1.27 bits per heavy atom. The number of alkyl carbamates (subject to hydrolysis) is 1. The summed E-state index contributed by atoms with van der Waals surface area (Å²) in [6, 6.07) is 8.89. The molecule has 1 unspecified atom stereocenters. The number of ether oxygens (including phenoxy) is 1. The first kappa shape index (κ1) is 25.1. The number of amides is 1. The van der Waals surface area contributed by atoms with Crippen molar-refractivity contribution in [2.24, 2.45) is 0 Å². The number of halogens is 3. The lowest BCUT2D eigenvalue weighted by atomic mass is 10.2. The van der Waals surface area contributed by atoms with Crippen LogP contribution in [-0.4, -0.2) is 55.9 Å². The van der Waals surface area contributed by atoms with Crippen LogP contribution in [0, 0.1) is 5.82 Å². The highest BCUT2D eigenvalue weighted by Gasteiger charge is 2.21. The van der Waals surface area contributed by atoms with Gasteiger partial charge in [-0.3, -0.25) is 0 Å². The number of aliphatic hydroxyl groups excluding tert-OH is 1. The molecule has 13 heteroatoms. The monoisotopic (exact) mass is 560 g/mol. The number of H-pyrrole nitrogens is 1. The fourth-order valence-corrected chi connectivity index (χ4v) is 4.60. The molecule has 1 amide bonds. The molecule has 1 heterocycles. The molecule has 0 aliphatic rings. The smallest absolute Gasteiger partial charge is 0.406 e. The molecule has 33 heavy (non-hydrogen) atoms. The minimum absolute atomic E-state index is 0.0322. The van der Waals surface area contributed by atoms with Gasteiger partial charge in [0.05, 0.1) is 28.4 Å². The van der Waals surface area contributed by atoms with Crippen LogP contribution in [0.1, 0.15) is 0 Å². The lowest BCUT2D eigenvalue weighted by molar-refractivity contribution is 0.148. The molecule has 9 nitrogen and oxygen atoms in total. The van der Waals surface area contributed by atoms with Crippen LogP contribution in [0.2, 0.25) is 5.02 Å². The highest BCUT2D eigenvalue weighted by molar-refractivity contribution is 9.10. The highest BCUT2D eigenvalue weighted by atomic mass is 79.9. The third-order valence-electron chi connectivity index (χ3n) is 4.46. The normalized spacial score (nSPS) is 12.4. The Hall–Kier alpha value is -2.51. The van der Waals surface area contributed by atoms with Gasteiger partial charge >= 0.3 is 6.09 Å². The second kappa shape index (κ2) is 10.6. The van der Waals surface area contributed by atoms with E-state index in [9.17, 15) is 22.7 Å². The van der Waals surface area contributed by atoms with E-state index in [1.807, 2.05) is 0 Å². The van der Waals surface area contributed by atoms with Crippen molar-refractivity contribution in [3.8, 4) is 22.6 Å². The largest absolute Gasteiger partial charge is 0.453 e. The standard InChI is InChI=1S/C20H19BrClFN4O5S/c1-32-20(29)25-8-13(28)9-26-33(30,31)18-7-12(3-5-15(18)22)19-24-10-17(27-19)11-2-4-14(21)16(23)6-11/h2-7,10,13,26,28H,8-9H2,1H3,(H,24,27)(H,25,29). The summed E-state index contributed by atoms with van der Waals surface area (Å²) in [4.78, 5) is 18.2. The Balaban J connectivity index is 1.78. The summed E-state index contributed by atoms with van der Waals surface area (Å²) >= 11 is 9.21. The first-order chi connectivity index (χ1) is 15.6. The van der Waals surface area contributed by atoms with Crippen molar-refractivity contribution in [1.29, 1.82) is 0 Å². The number of hydrogen-bond donors (Lipinski definition) is 4. The molecule has 0 aliphatic heterocycles. The van der Waals surface area contributed by atoms with Crippen LogP contribution < -0.4 is 10.0 Å². The van der Waals surface area contributed by atoms with Gasteiger partial charge in [0.15, 0.2) is 0 Å². The number of aromatic nitrogens is 2. The Morgan fingerprint density at radius 3 is 2.70 bits per heavy atom. The number of benzene rings is 2. The van der Waals surface area contributed by atoms with Crippen molar-refractivity contribution >= 4 is 43.6 Å². The molecule has 4 N–H and O–H groups in total. The van der Waals surface area contributed by atoms with E-state index in [4.69, 9.17) is 11.6 Å². The quantitative estimate of drug-likeness (QED) is 0.334. The van der Waals surface area contributed by atoms with E-state index in [1.54, 1.807) is 24.4 Å². The van der Waals surface area contributed by atoms with Crippen LogP contribution in [0.3, 0.4) is 0 Å². The zero-order valence-corrected chi connectivity index (χ0v) is 20.3. The summed E-state index contributed by atoms with van der Waals surface area (Å²) < 4.78 is 46.3. The number of sulfonamides is 1. The molecular weight excluding hydrogens is 543 g/mol. The molecule has 3 aromatic rings. The molecule has 3 rings (SSSR count). The van der Waals surface area contributed by atoms with Crippen LogP contribution in [0.5, 0.6) is 0 Å². The van der Waals surface area contributed by atoms with E-state index in [0.29, 0.717) is 27.1 Å². The van der Waals surface area contributed by atoms with Gasteiger partial charge < -0.3 is 20.1 Å². The molecule has 2 aromatic carbocycles. The summed E-state index contributed by atoms with van der Waals surface area (Å²) in [6.07, 6.45) is -0.375. The van der Waals surface area contributed by atoms with E-state index in [2.05, 4.69) is 40.7 Å². The van der Waals surface area contributed by atoms with Crippen molar-refractivity contribution in [2.75, 3.05) is 20.2 Å². The van der Waals surface area contributed by atoms with Crippen LogP contribution in [0.15, 0.2) is 52.0 Å². The first-order valence-corrected chi connectivity index (χ1v) is 12.1. The fraction of sp³-hybridized carbons (Fsp3) is 0.200. The van der Waals surface area contributed by atoms with Crippen LogP contribution in [-0.2, 0) is 14.8 Å². The molecule has 0 fully saturated rings. The van der Waals surface area contributed by atoms with Gasteiger partial charge in [-0.15, -0.1) is 0 Å². The second-order valence-corrected chi connectivity index (χ2v) is 9.78. The summed E-state index contributed by atoms with van der Waals surface area (Å²) in [7, 11) is -2.93. The summed E-state index contributed by atoms with van der Waals surface area (Å²) in [5.41, 5.74) is 1.43. The van der Waals surface area contributed by atoms with Crippen molar-refractivity contribution in [3.05, 3.63) is 57.9 Å². The number of aromatic amines is 1. The van der Waals surface area contributed by atoms with Crippen molar-refractivity contribution in [1.82, 2.24) is 20.0 Å². The second-order valence-electron chi connectivity index (χ2n) is 6.79. The molecule has 0 radical (unpaired) electrons. The van der Waals surface area contributed by atoms with Gasteiger partial charge in [-0.05, 0) is 46.3 Å². The molecular formula is C20H19BrClFN4O5S. The van der Waals surface area contributed by atoms with Gasteiger partial charge in [-0.2, -0.15) is 0 Å². The SMILES string of the molecule is COC(=O)NCC(O)CNS(=O)(=O)c1cc(-c2nc(-c3ccc(Br)c(F)c3)c[nH]2)ccc1Cl. The van der Waals surface area contributed by atoms with Crippen molar-refractivity contribution < 1.29 is 27.4 Å². The molecule has 0 saturated heterocycles. The molecule has 0 saturated carbocycles. The molecule has 176 valence electrons. The van der Waals surface area contributed by atoms with E-state index >= 15 is 0 Å². The maximum absolute atomic E-state index is 13.8. The maximum atomic E-state index is 13.8. The minimum atomic E-state index is -4.10. The lowest BCUT2D eigenvalue weighted by Gasteiger charge is -2.14. The average molecular weight is 562 g/mol. The number of imidazole rings is 1. The number of carbonyl (C=O) groups is 1. The number of methoxy groups -OCH3 is 1. The van der Waals surface area contributed by atoms with Gasteiger partial charge in [-0.1, -0.05) is 17.7 Å². The number of carbonyl (C=O) groups excluding carboxylic acids is 1. The summed E-state index contributed by atoms with van der Waals surface area (Å²) in [5.74, 6) is -0.0873. The molecule has 0 spiro atoms. The average Bonchev–Trinajstić information content (AvgIpc) is 3.28. The van der Waals surface area contributed by atoms with Crippen LogP contribution in [0.25, 0.3) is 22.6 Å².